The lowest BCUT2D eigenvalue weighted by Crippen LogP contribution is -2.22. The molecule has 0 saturated heterocycles. The van der Waals surface area contributed by atoms with Crippen molar-refractivity contribution in [2.75, 3.05) is 0 Å². The van der Waals surface area contributed by atoms with Crippen LogP contribution < -0.4 is 5.56 Å². The van der Waals surface area contributed by atoms with Gasteiger partial charge in [0.05, 0.1) is 17.6 Å². The van der Waals surface area contributed by atoms with Crippen molar-refractivity contribution in [1.82, 2.24) is 9.55 Å². The maximum Gasteiger partial charge on any atom is 0.269 e. The van der Waals surface area contributed by atoms with Crippen LogP contribution in [0.2, 0.25) is 0 Å². The van der Waals surface area contributed by atoms with Gasteiger partial charge in [-0.3, -0.25) is 9.36 Å². The zero-order valence-corrected chi connectivity index (χ0v) is 10.2. The minimum absolute atomic E-state index is 0.0401. The van der Waals surface area contributed by atoms with Crippen molar-refractivity contribution in [1.29, 1.82) is 5.26 Å². The fraction of sp³-hybridized carbons (Fsp3) is 0.0833. The Morgan fingerprint density at radius 2 is 2.29 bits per heavy atom. The molecule has 4 nitrogen and oxygen atoms in total. The molecule has 2 aromatic rings. The normalized spacial score (nSPS) is 9.82. The molecular weight excluding hydrogens is 282 g/mol. The Balaban J connectivity index is 2.94. The lowest BCUT2D eigenvalue weighted by Gasteiger charge is -2.07. The monoisotopic (exact) mass is 287 g/mol. The van der Waals surface area contributed by atoms with E-state index in [1.165, 1.54) is 10.6 Å². The molecule has 5 heteroatoms. The van der Waals surface area contributed by atoms with Crippen LogP contribution in [0.1, 0.15) is 5.56 Å². The van der Waals surface area contributed by atoms with Crippen molar-refractivity contribution < 1.29 is 0 Å². The molecule has 2 heterocycles. The van der Waals surface area contributed by atoms with Gasteiger partial charge in [-0.25, -0.2) is 4.98 Å². The van der Waals surface area contributed by atoms with Gasteiger partial charge < -0.3 is 0 Å². The number of halogens is 1. The third kappa shape index (κ3) is 1.93. The van der Waals surface area contributed by atoms with Crippen molar-refractivity contribution in [3.8, 4) is 18.4 Å². The molecule has 17 heavy (non-hydrogen) atoms. The fourth-order valence-corrected chi connectivity index (χ4v) is 1.88. The van der Waals surface area contributed by atoms with Gasteiger partial charge in [0.25, 0.3) is 5.56 Å². The Morgan fingerprint density at radius 1 is 1.53 bits per heavy atom. The van der Waals surface area contributed by atoms with Crippen LogP contribution in [-0.4, -0.2) is 9.55 Å². The van der Waals surface area contributed by atoms with E-state index in [9.17, 15) is 4.79 Å². The summed E-state index contributed by atoms with van der Waals surface area (Å²) >= 11 is 3.24. The highest BCUT2D eigenvalue weighted by Crippen LogP contribution is 2.15. The lowest BCUT2D eigenvalue weighted by atomic mass is 10.2. The number of rotatable bonds is 1. The number of nitrogens with zero attached hydrogens (tertiary/aromatic N) is 3. The maximum atomic E-state index is 11.9. The first-order chi connectivity index (χ1) is 8.17. The van der Waals surface area contributed by atoms with Gasteiger partial charge in [-0.2, -0.15) is 5.26 Å². The highest BCUT2D eigenvalue weighted by molar-refractivity contribution is 9.10. The Bertz CT molecular complexity index is 734. The highest BCUT2D eigenvalue weighted by atomic mass is 79.9. The maximum absolute atomic E-state index is 11.9. The zero-order valence-electron chi connectivity index (χ0n) is 8.64. The third-order valence-electron chi connectivity index (χ3n) is 2.29. The Morgan fingerprint density at radius 3 is 2.94 bits per heavy atom. The average Bonchev–Trinajstić information content (AvgIpc) is 2.32. The Hall–Kier alpha value is -2.11. The number of hydrogen-bond acceptors (Lipinski definition) is 3. The van der Waals surface area contributed by atoms with Gasteiger partial charge in [-0.15, -0.1) is 6.42 Å². The topological polar surface area (TPSA) is 58.7 Å². The van der Waals surface area contributed by atoms with E-state index in [1.54, 1.807) is 12.1 Å². The van der Waals surface area contributed by atoms with Crippen molar-refractivity contribution in [3.05, 3.63) is 38.7 Å². The molecule has 0 amide bonds. The average molecular weight is 288 g/mol. The number of aromatic nitrogens is 2. The van der Waals surface area contributed by atoms with E-state index in [4.69, 9.17) is 11.7 Å². The van der Waals surface area contributed by atoms with Crippen LogP contribution in [0.5, 0.6) is 0 Å². The van der Waals surface area contributed by atoms with Gasteiger partial charge in [0.1, 0.15) is 16.2 Å². The van der Waals surface area contributed by atoms with Gasteiger partial charge in [0.15, 0.2) is 0 Å². The molecule has 0 fully saturated rings. The molecule has 2 aromatic heterocycles. The molecule has 0 aromatic carbocycles. The van der Waals surface area contributed by atoms with Gasteiger partial charge >= 0.3 is 0 Å². The minimum atomic E-state index is -0.387. The molecule has 0 bridgehead atoms. The van der Waals surface area contributed by atoms with Crippen molar-refractivity contribution in [2.24, 2.45) is 0 Å². The molecule has 0 aliphatic heterocycles. The second kappa shape index (κ2) is 4.40. The van der Waals surface area contributed by atoms with E-state index in [-0.39, 0.29) is 17.7 Å². The van der Waals surface area contributed by atoms with Gasteiger partial charge in [-0.1, -0.05) is 5.92 Å². The van der Waals surface area contributed by atoms with Crippen LogP contribution >= 0.6 is 15.9 Å². The van der Waals surface area contributed by atoms with Crippen LogP contribution in [0.15, 0.2) is 27.6 Å². The molecule has 0 N–H and O–H groups in total. The van der Waals surface area contributed by atoms with E-state index in [0.717, 1.165) is 0 Å². The number of fused-ring (bicyclic) bond motifs is 1. The SMILES string of the molecule is C#CCn1c(=O)c(C#N)cc2nc(Br)ccc21. The van der Waals surface area contributed by atoms with Gasteiger partial charge in [0.2, 0.25) is 0 Å². The molecule has 0 radical (unpaired) electrons. The first kappa shape index (κ1) is 11.4. The van der Waals surface area contributed by atoms with Crippen LogP contribution in [-0.2, 0) is 6.54 Å². The molecule has 0 atom stereocenters. The summed E-state index contributed by atoms with van der Waals surface area (Å²) in [5.74, 6) is 2.40. The van der Waals surface area contributed by atoms with E-state index >= 15 is 0 Å². The van der Waals surface area contributed by atoms with E-state index in [2.05, 4.69) is 26.8 Å². The summed E-state index contributed by atoms with van der Waals surface area (Å²) in [5.41, 5.74) is 0.835. The predicted octanol–water partition coefficient (Wildman–Crippen LogP) is 1.66. The highest BCUT2D eigenvalue weighted by Gasteiger charge is 2.09. The minimum Gasteiger partial charge on any atom is -0.294 e. The molecule has 2 rings (SSSR count). The number of nitriles is 1. The summed E-state index contributed by atoms with van der Waals surface area (Å²) in [6.45, 7) is 0.119. The molecule has 0 spiro atoms. The van der Waals surface area contributed by atoms with E-state index < -0.39 is 0 Å². The second-order valence-corrected chi connectivity index (χ2v) is 4.12. The van der Waals surface area contributed by atoms with Crippen molar-refractivity contribution in [2.45, 2.75) is 6.54 Å². The second-order valence-electron chi connectivity index (χ2n) is 3.30. The summed E-state index contributed by atoms with van der Waals surface area (Å²) in [7, 11) is 0. The molecule has 82 valence electrons. The van der Waals surface area contributed by atoms with E-state index in [1.807, 2.05) is 6.07 Å². The van der Waals surface area contributed by atoms with E-state index in [0.29, 0.717) is 15.6 Å². The predicted molar refractivity (Wildman–Crippen MR) is 67.3 cm³/mol. The number of pyridine rings is 2. The summed E-state index contributed by atoms with van der Waals surface area (Å²) in [6.07, 6.45) is 5.22. The summed E-state index contributed by atoms with van der Waals surface area (Å²) in [6, 6.07) is 6.78. The van der Waals surface area contributed by atoms with Crippen molar-refractivity contribution >= 4 is 27.0 Å². The number of hydrogen-bond donors (Lipinski definition) is 0. The van der Waals surface area contributed by atoms with Crippen LogP contribution in [0.3, 0.4) is 0 Å². The standard InChI is InChI=1S/C12H6BrN3O/c1-2-5-16-10-3-4-11(13)15-9(10)6-8(7-14)12(16)17/h1,3-4,6H,5H2. The summed E-state index contributed by atoms with van der Waals surface area (Å²) in [4.78, 5) is 16.1. The fourth-order valence-electron chi connectivity index (χ4n) is 1.56. The zero-order chi connectivity index (χ0) is 12.4. The largest absolute Gasteiger partial charge is 0.294 e. The van der Waals surface area contributed by atoms with Crippen molar-refractivity contribution in [3.63, 3.8) is 0 Å². The first-order valence-corrected chi connectivity index (χ1v) is 5.50. The lowest BCUT2D eigenvalue weighted by molar-refractivity contribution is 0.830. The smallest absolute Gasteiger partial charge is 0.269 e. The van der Waals surface area contributed by atoms with Crippen LogP contribution in [0, 0.1) is 23.7 Å². The van der Waals surface area contributed by atoms with Crippen LogP contribution in [0.25, 0.3) is 11.0 Å². The quantitative estimate of drug-likeness (QED) is 0.592. The summed E-state index contributed by atoms with van der Waals surface area (Å²) in [5, 5.41) is 8.89. The molecule has 0 unspecified atom stereocenters. The first-order valence-electron chi connectivity index (χ1n) is 4.71. The number of terminal acetylenes is 1. The van der Waals surface area contributed by atoms with Gasteiger partial charge in [0, 0.05) is 0 Å². The molecule has 0 saturated carbocycles. The molecule has 0 aliphatic carbocycles. The summed E-state index contributed by atoms with van der Waals surface area (Å²) < 4.78 is 2.01. The Labute approximate surface area is 106 Å². The van der Waals surface area contributed by atoms with Crippen LogP contribution in [0.4, 0.5) is 0 Å². The molecular formula is C12H6BrN3O. The third-order valence-corrected chi connectivity index (χ3v) is 2.73. The van der Waals surface area contributed by atoms with Gasteiger partial charge in [-0.05, 0) is 34.1 Å². The Kier molecular flexibility index (Phi) is 2.95. The molecule has 0 aliphatic rings.